The number of halogens is 2. The molecule has 0 aliphatic rings. The summed E-state index contributed by atoms with van der Waals surface area (Å²) in [5.41, 5.74) is 1.38. The van der Waals surface area contributed by atoms with E-state index in [9.17, 15) is 0 Å². The summed E-state index contributed by atoms with van der Waals surface area (Å²) in [7, 11) is 0. The molecule has 1 aromatic rings. The van der Waals surface area contributed by atoms with Crippen LogP contribution in [0.25, 0.3) is 0 Å². The van der Waals surface area contributed by atoms with Crippen molar-refractivity contribution >= 4 is 35.1 Å². The predicted molar refractivity (Wildman–Crippen MR) is 87.5 cm³/mol. The Morgan fingerprint density at radius 3 is 2.47 bits per heavy atom. The Kier molecular flexibility index (Phi) is 9.54. The van der Waals surface area contributed by atoms with Crippen LogP contribution in [0.3, 0.4) is 0 Å². The highest BCUT2D eigenvalue weighted by molar-refractivity contribution is 6.38. The summed E-state index contributed by atoms with van der Waals surface area (Å²) >= 11 is 12.0. The van der Waals surface area contributed by atoms with E-state index >= 15 is 0 Å². The highest BCUT2D eigenvalue weighted by atomic mass is 35.5. The maximum Gasteiger partial charge on any atom is 0.0765 e. The first-order valence-electron chi connectivity index (χ1n) is 6.15. The zero-order valence-electron chi connectivity index (χ0n) is 10.5. The van der Waals surface area contributed by atoms with Crippen molar-refractivity contribution < 1.29 is 0 Å². The maximum absolute atomic E-state index is 7.76. The zero-order chi connectivity index (χ0) is 13.4. The Balaban J connectivity index is 0.00000324. The van der Waals surface area contributed by atoms with Gasteiger partial charge in [0.05, 0.1) is 16.6 Å². The third-order valence-corrected chi connectivity index (χ3v) is 3.24. The minimum absolute atomic E-state index is 0. The van der Waals surface area contributed by atoms with Crippen molar-refractivity contribution in [1.29, 1.82) is 5.41 Å². The molecule has 0 atom stereocenters. The van der Waals surface area contributed by atoms with Crippen LogP contribution < -0.4 is 0 Å². The fourth-order valence-corrected chi connectivity index (χ4v) is 2.04. The Morgan fingerprint density at radius 1 is 1.26 bits per heavy atom. The lowest BCUT2D eigenvalue weighted by Gasteiger charge is -2.01. The molecule has 19 heavy (non-hydrogen) atoms. The fourth-order valence-electron chi connectivity index (χ4n) is 1.55. The molecule has 1 rings (SSSR count). The summed E-state index contributed by atoms with van der Waals surface area (Å²) < 4.78 is 0. The van der Waals surface area contributed by atoms with Gasteiger partial charge in [0.2, 0.25) is 0 Å². The summed E-state index contributed by atoms with van der Waals surface area (Å²) in [5, 5.41) is 8.93. The third-order valence-electron chi connectivity index (χ3n) is 2.58. The second-order valence-electron chi connectivity index (χ2n) is 4.17. The monoisotopic (exact) mass is 300 g/mol. The van der Waals surface area contributed by atoms with Crippen molar-refractivity contribution in [3.8, 4) is 0 Å². The van der Waals surface area contributed by atoms with E-state index in [1.807, 2.05) is 0 Å². The third kappa shape index (κ3) is 6.74. The summed E-state index contributed by atoms with van der Waals surface area (Å²) in [6.45, 7) is 2.58. The molecule has 0 saturated heterocycles. The van der Waals surface area contributed by atoms with Gasteiger partial charge in [0.1, 0.15) is 0 Å². The van der Waals surface area contributed by atoms with Gasteiger partial charge in [-0.2, -0.15) is 0 Å². The normalized spacial score (nSPS) is 10.5. The largest absolute Gasteiger partial charge is 0.308 e. The number of hydrogen-bond acceptors (Lipinski definition) is 2. The lowest BCUT2D eigenvalue weighted by atomic mass is 10.1. The first-order valence-corrected chi connectivity index (χ1v) is 6.91. The van der Waals surface area contributed by atoms with Gasteiger partial charge in [-0.25, -0.2) is 0 Å². The molecule has 0 unspecified atom stereocenters. The predicted octanol–water partition coefficient (Wildman–Crippen LogP) is 5.65. The van der Waals surface area contributed by atoms with Gasteiger partial charge in [-0.05, 0) is 25.0 Å². The second-order valence-corrected chi connectivity index (χ2v) is 4.98. The van der Waals surface area contributed by atoms with Crippen LogP contribution >= 0.6 is 23.2 Å². The van der Waals surface area contributed by atoms with Gasteiger partial charge >= 0.3 is 0 Å². The molecular weight excluding hydrogens is 279 g/mol. The number of aliphatic imine (C=N–C) groups is 1. The van der Waals surface area contributed by atoms with Gasteiger partial charge in [-0.1, -0.05) is 56.5 Å². The van der Waals surface area contributed by atoms with Gasteiger partial charge in [0.25, 0.3) is 0 Å². The molecule has 1 N–H and O–H groups in total. The van der Waals surface area contributed by atoms with Gasteiger partial charge in [-0.15, -0.1) is 0 Å². The Hall–Kier alpha value is -0.860. The van der Waals surface area contributed by atoms with E-state index < -0.39 is 0 Å². The second kappa shape index (κ2) is 9.99. The van der Waals surface area contributed by atoms with Crippen LogP contribution in [0.4, 0.5) is 0 Å². The van der Waals surface area contributed by atoms with Crippen molar-refractivity contribution in [3.63, 3.8) is 0 Å². The molecule has 0 amide bonds. The standard InChI is InChI=1S/C14H18Cl2N2.CH4/c1-2-3-4-6-11(17)9-18-10-12-13(15)7-5-8-14(12)16;/h5,7-8,10,17H,2-4,6,9H2,1H3;1H4. The molecule has 2 nitrogen and oxygen atoms in total. The SMILES string of the molecule is C.CCCCCC(=N)CN=Cc1c(Cl)cccc1Cl. The van der Waals surface area contributed by atoms with E-state index in [1.54, 1.807) is 24.4 Å². The Morgan fingerprint density at radius 2 is 1.89 bits per heavy atom. The van der Waals surface area contributed by atoms with Gasteiger partial charge in [0.15, 0.2) is 0 Å². The summed E-state index contributed by atoms with van der Waals surface area (Å²) in [6.07, 6.45) is 5.88. The quantitative estimate of drug-likeness (QED) is 0.499. The van der Waals surface area contributed by atoms with Crippen LogP contribution in [-0.2, 0) is 0 Å². The van der Waals surface area contributed by atoms with E-state index in [-0.39, 0.29) is 7.43 Å². The average Bonchev–Trinajstić information content (AvgIpc) is 2.33. The van der Waals surface area contributed by atoms with Gasteiger partial charge < -0.3 is 5.41 Å². The average molecular weight is 301 g/mol. The van der Waals surface area contributed by atoms with E-state index in [1.165, 1.54) is 12.8 Å². The topological polar surface area (TPSA) is 36.2 Å². The molecule has 0 aromatic heterocycles. The molecule has 0 bridgehead atoms. The summed E-state index contributed by atoms with van der Waals surface area (Å²) in [6, 6.07) is 5.36. The molecule has 0 radical (unpaired) electrons. The van der Waals surface area contributed by atoms with Crippen molar-refractivity contribution in [2.24, 2.45) is 4.99 Å². The lowest BCUT2D eigenvalue weighted by molar-refractivity contribution is 0.737. The summed E-state index contributed by atoms with van der Waals surface area (Å²) in [5.74, 6) is 0. The zero-order valence-corrected chi connectivity index (χ0v) is 12.1. The first-order chi connectivity index (χ1) is 8.65. The molecule has 0 aliphatic heterocycles. The van der Waals surface area contributed by atoms with Crippen molar-refractivity contribution in [1.82, 2.24) is 0 Å². The molecule has 0 heterocycles. The molecule has 4 heteroatoms. The van der Waals surface area contributed by atoms with E-state index in [0.717, 1.165) is 18.4 Å². The molecule has 0 aliphatic carbocycles. The van der Waals surface area contributed by atoms with Crippen LogP contribution in [0.2, 0.25) is 10.0 Å². The van der Waals surface area contributed by atoms with E-state index in [4.69, 9.17) is 28.6 Å². The lowest BCUT2D eigenvalue weighted by Crippen LogP contribution is -2.01. The number of unbranched alkanes of at least 4 members (excludes halogenated alkanes) is 2. The van der Waals surface area contributed by atoms with Crippen LogP contribution in [0, 0.1) is 5.41 Å². The number of rotatable bonds is 7. The molecule has 0 fully saturated rings. The number of hydrogen-bond donors (Lipinski definition) is 1. The van der Waals surface area contributed by atoms with Crippen LogP contribution in [-0.4, -0.2) is 18.5 Å². The van der Waals surface area contributed by atoms with Crippen molar-refractivity contribution in [2.75, 3.05) is 6.54 Å². The van der Waals surface area contributed by atoms with E-state index in [0.29, 0.717) is 22.3 Å². The minimum Gasteiger partial charge on any atom is -0.308 e. The molecule has 0 spiro atoms. The Bertz CT molecular complexity index is 408. The molecule has 0 saturated carbocycles. The van der Waals surface area contributed by atoms with Gasteiger partial charge in [0, 0.05) is 17.5 Å². The van der Waals surface area contributed by atoms with Crippen LogP contribution in [0.5, 0.6) is 0 Å². The van der Waals surface area contributed by atoms with Crippen LogP contribution in [0.15, 0.2) is 23.2 Å². The number of nitrogens with zero attached hydrogens (tertiary/aromatic N) is 1. The van der Waals surface area contributed by atoms with Gasteiger partial charge in [-0.3, -0.25) is 4.99 Å². The number of benzene rings is 1. The maximum atomic E-state index is 7.76. The fraction of sp³-hybridized carbons (Fsp3) is 0.467. The highest BCUT2D eigenvalue weighted by Crippen LogP contribution is 2.22. The number of nitrogens with one attached hydrogen (secondary N) is 1. The van der Waals surface area contributed by atoms with Crippen molar-refractivity contribution in [2.45, 2.75) is 40.0 Å². The first kappa shape index (κ1) is 18.1. The molecule has 106 valence electrons. The van der Waals surface area contributed by atoms with Crippen LogP contribution in [0.1, 0.15) is 45.6 Å². The molecular formula is C15H22Cl2N2. The smallest absolute Gasteiger partial charge is 0.0765 e. The highest BCUT2D eigenvalue weighted by Gasteiger charge is 2.02. The molecule has 1 aromatic carbocycles. The summed E-state index contributed by atoms with van der Waals surface area (Å²) in [4.78, 5) is 4.22. The van der Waals surface area contributed by atoms with Crippen molar-refractivity contribution in [3.05, 3.63) is 33.8 Å². The van der Waals surface area contributed by atoms with E-state index in [2.05, 4.69) is 11.9 Å². The minimum atomic E-state index is 0. The Labute approximate surface area is 126 Å².